The smallest absolute Gasteiger partial charge is 0.293 e. The van der Waals surface area contributed by atoms with Crippen molar-refractivity contribution >= 4 is 17.5 Å². The summed E-state index contributed by atoms with van der Waals surface area (Å²) in [4.78, 5) is 19.1. The molecule has 0 atom stereocenters. The Balaban J connectivity index is 1.39. The number of amides is 1. The van der Waals surface area contributed by atoms with Crippen LogP contribution in [0.1, 0.15) is 40.4 Å². The number of likely N-dealkylation sites (tertiary alicyclic amines) is 1. The van der Waals surface area contributed by atoms with Gasteiger partial charge in [-0.15, -0.1) is 5.10 Å². The number of carbonyl (C=O) groups is 1. The van der Waals surface area contributed by atoms with E-state index in [9.17, 15) is 4.79 Å². The van der Waals surface area contributed by atoms with E-state index in [2.05, 4.69) is 36.1 Å². The lowest BCUT2D eigenvalue weighted by atomic mass is 10.1. The van der Waals surface area contributed by atoms with Crippen LogP contribution in [0.4, 0.5) is 0 Å². The van der Waals surface area contributed by atoms with E-state index in [1.54, 1.807) is 21.7 Å². The summed E-state index contributed by atoms with van der Waals surface area (Å²) in [7, 11) is 0. The Bertz CT molecular complexity index is 1050. The van der Waals surface area contributed by atoms with Gasteiger partial charge in [0.2, 0.25) is 5.82 Å². The molecule has 7 heteroatoms. The first kappa shape index (κ1) is 20.4. The van der Waals surface area contributed by atoms with Gasteiger partial charge in [-0.1, -0.05) is 17.7 Å². The fourth-order valence-corrected chi connectivity index (χ4v) is 3.73. The van der Waals surface area contributed by atoms with Gasteiger partial charge in [0.15, 0.2) is 0 Å². The van der Waals surface area contributed by atoms with Gasteiger partial charge in [0.1, 0.15) is 17.7 Å². The molecule has 2 heterocycles. The highest BCUT2D eigenvalue weighted by molar-refractivity contribution is 6.30. The minimum atomic E-state index is -0.143. The maximum atomic E-state index is 12.9. The monoisotopic (exact) mass is 424 g/mol. The topological polar surface area (TPSA) is 60.2 Å². The van der Waals surface area contributed by atoms with E-state index in [1.165, 1.54) is 11.1 Å². The molecule has 1 saturated heterocycles. The van der Waals surface area contributed by atoms with Crippen LogP contribution in [0.5, 0.6) is 5.75 Å². The van der Waals surface area contributed by atoms with Crippen molar-refractivity contribution < 1.29 is 9.53 Å². The van der Waals surface area contributed by atoms with E-state index in [-0.39, 0.29) is 17.8 Å². The highest BCUT2D eigenvalue weighted by Crippen LogP contribution is 2.22. The zero-order valence-electron chi connectivity index (χ0n) is 17.4. The third kappa shape index (κ3) is 4.33. The maximum absolute atomic E-state index is 12.9. The number of hydrogen-bond donors (Lipinski definition) is 0. The molecule has 0 aliphatic carbocycles. The van der Waals surface area contributed by atoms with Crippen molar-refractivity contribution in [1.82, 2.24) is 19.7 Å². The van der Waals surface area contributed by atoms with E-state index in [0.717, 1.165) is 24.3 Å². The summed E-state index contributed by atoms with van der Waals surface area (Å²) < 4.78 is 7.80. The molecule has 156 valence electrons. The molecule has 30 heavy (non-hydrogen) atoms. The van der Waals surface area contributed by atoms with Gasteiger partial charge in [-0.05, 0) is 68.3 Å². The van der Waals surface area contributed by atoms with Crippen molar-refractivity contribution in [1.29, 1.82) is 0 Å². The molecule has 0 radical (unpaired) electrons. The maximum Gasteiger partial charge on any atom is 0.293 e. The molecule has 3 aromatic rings. The Morgan fingerprint density at radius 2 is 1.73 bits per heavy atom. The van der Waals surface area contributed by atoms with Crippen LogP contribution in [0.15, 0.2) is 42.5 Å². The van der Waals surface area contributed by atoms with Gasteiger partial charge < -0.3 is 9.64 Å². The number of ether oxygens (including phenoxy) is 1. The number of aryl methyl sites for hydroxylation is 3. The minimum Gasteiger partial charge on any atom is -0.490 e. The quantitative estimate of drug-likeness (QED) is 0.617. The van der Waals surface area contributed by atoms with Crippen molar-refractivity contribution in [2.75, 3.05) is 13.1 Å². The fourth-order valence-electron chi connectivity index (χ4n) is 3.61. The summed E-state index contributed by atoms with van der Waals surface area (Å²) in [6.07, 6.45) is 1.68. The Kier molecular flexibility index (Phi) is 5.77. The van der Waals surface area contributed by atoms with E-state index in [4.69, 9.17) is 16.3 Å². The average molecular weight is 425 g/mol. The summed E-state index contributed by atoms with van der Waals surface area (Å²) in [6, 6.07) is 13.5. The van der Waals surface area contributed by atoms with Crippen LogP contribution >= 0.6 is 11.6 Å². The number of rotatable bonds is 4. The highest BCUT2D eigenvalue weighted by Gasteiger charge is 2.27. The molecular formula is C23H25ClN4O2. The Morgan fingerprint density at radius 1 is 1.03 bits per heavy atom. The molecule has 1 aromatic heterocycles. The normalized spacial score (nSPS) is 14.7. The summed E-state index contributed by atoms with van der Waals surface area (Å²) in [6.45, 7) is 7.27. The van der Waals surface area contributed by atoms with Crippen molar-refractivity contribution in [2.45, 2.75) is 39.7 Å². The van der Waals surface area contributed by atoms with Gasteiger partial charge in [0, 0.05) is 31.0 Å². The van der Waals surface area contributed by atoms with Gasteiger partial charge in [0.05, 0.1) is 5.69 Å². The van der Waals surface area contributed by atoms with Crippen LogP contribution < -0.4 is 4.74 Å². The molecule has 1 aliphatic heterocycles. The van der Waals surface area contributed by atoms with E-state index < -0.39 is 0 Å². The Morgan fingerprint density at radius 3 is 2.40 bits per heavy atom. The molecule has 1 amide bonds. The largest absolute Gasteiger partial charge is 0.490 e. The molecule has 0 N–H and O–H groups in total. The second kappa shape index (κ2) is 8.48. The number of aromatic nitrogens is 3. The molecule has 0 bridgehead atoms. The summed E-state index contributed by atoms with van der Waals surface area (Å²) in [5, 5.41) is 5.08. The van der Waals surface area contributed by atoms with E-state index in [1.807, 2.05) is 25.1 Å². The van der Waals surface area contributed by atoms with E-state index in [0.29, 0.717) is 23.9 Å². The van der Waals surface area contributed by atoms with Crippen LogP contribution in [0.2, 0.25) is 5.02 Å². The second-order valence-electron chi connectivity index (χ2n) is 7.73. The molecule has 0 saturated carbocycles. The lowest BCUT2D eigenvalue weighted by molar-refractivity contribution is 0.0584. The van der Waals surface area contributed by atoms with Gasteiger partial charge in [-0.2, -0.15) is 0 Å². The minimum absolute atomic E-state index is 0.109. The third-order valence-corrected chi connectivity index (χ3v) is 5.79. The summed E-state index contributed by atoms with van der Waals surface area (Å²) in [5.41, 5.74) is 3.30. The zero-order valence-corrected chi connectivity index (χ0v) is 18.2. The third-order valence-electron chi connectivity index (χ3n) is 5.54. The number of hydrogen-bond acceptors (Lipinski definition) is 4. The van der Waals surface area contributed by atoms with Crippen molar-refractivity contribution in [2.24, 2.45) is 0 Å². The van der Waals surface area contributed by atoms with Crippen LogP contribution in [0.3, 0.4) is 0 Å². The Labute approximate surface area is 181 Å². The molecule has 1 fully saturated rings. The molecule has 2 aromatic carbocycles. The van der Waals surface area contributed by atoms with Crippen molar-refractivity contribution in [3.8, 4) is 11.4 Å². The standard InChI is InChI=1S/C23H25ClN4O2/c1-15-4-9-21(14-16(15)2)30-20-10-12-27(13-11-20)23(29)22-25-17(3)28(26-22)19-7-5-18(24)6-8-19/h4-9,14,20H,10-13H2,1-3H3. The van der Waals surface area contributed by atoms with Gasteiger partial charge in [0.25, 0.3) is 5.91 Å². The predicted molar refractivity (Wildman–Crippen MR) is 117 cm³/mol. The van der Waals surface area contributed by atoms with Crippen molar-refractivity contribution in [3.63, 3.8) is 0 Å². The first-order valence-electron chi connectivity index (χ1n) is 10.1. The SMILES string of the molecule is Cc1ccc(OC2CCN(C(=O)c3nc(C)n(-c4ccc(Cl)cc4)n3)CC2)cc1C. The number of halogens is 1. The van der Waals surface area contributed by atoms with Gasteiger partial charge >= 0.3 is 0 Å². The molecular weight excluding hydrogens is 400 g/mol. The lowest BCUT2D eigenvalue weighted by Crippen LogP contribution is -2.42. The second-order valence-corrected chi connectivity index (χ2v) is 8.16. The summed E-state index contributed by atoms with van der Waals surface area (Å²) in [5.74, 6) is 1.63. The van der Waals surface area contributed by atoms with E-state index >= 15 is 0 Å². The van der Waals surface area contributed by atoms with Crippen LogP contribution in [-0.2, 0) is 0 Å². The van der Waals surface area contributed by atoms with Crippen LogP contribution in [0, 0.1) is 20.8 Å². The summed E-state index contributed by atoms with van der Waals surface area (Å²) >= 11 is 5.96. The number of piperidine rings is 1. The number of benzene rings is 2. The van der Waals surface area contributed by atoms with Gasteiger partial charge in [-0.3, -0.25) is 4.79 Å². The molecule has 4 rings (SSSR count). The first-order chi connectivity index (χ1) is 14.4. The number of nitrogens with zero attached hydrogens (tertiary/aromatic N) is 4. The zero-order chi connectivity index (χ0) is 21.3. The number of carbonyl (C=O) groups excluding carboxylic acids is 1. The molecule has 0 spiro atoms. The molecule has 1 aliphatic rings. The van der Waals surface area contributed by atoms with Crippen LogP contribution in [-0.4, -0.2) is 44.8 Å². The first-order valence-corrected chi connectivity index (χ1v) is 10.5. The molecule has 6 nitrogen and oxygen atoms in total. The van der Waals surface area contributed by atoms with Gasteiger partial charge in [-0.25, -0.2) is 9.67 Å². The fraction of sp³-hybridized carbons (Fsp3) is 0.348. The molecule has 0 unspecified atom stereocenters. The van der Waals surface area contributed by atoms with Crippen molar-refractivity contribution in [3.05, 3.63) is 70.3 Å². The van der Waals surface area contributed by atoms with Crippen LogP contribution in [0.25, 0.3) is 5.69 Å². The Hall–Kier alpha value is -2.86. The average Bonchev–Trinajstić information content (AvgIpc) is 3.13. The highest BCUT2D eigenvalue weighted by atomic mass is 35.5. The lowest BCUT2D eigenvalue weighted by Gasteiger charge is -2.31. The predicted octanol–water partition coefficient (Wildman–Crippen LogP) is 4.53.